The van der Waals surface area contributed by atoms with E-state index >= 15 is 0 Å². The minimum atomic E-state index is -0.539. The van der Waals surface area contributed by atoms with Gasteiger partial charge in [0.05, 0.1) is 18.3 Å². The van der Waals surface area contributed by atoms with Gasteiger partial charge in [-0.15, -0.1) is 0 Å². The fourth-order valence-electron chi connectivity index (χ4n) is 2.30. The van der Waals surface area contributed by atoms with Gasteiger partial charge in [0.25, 0.3) is 0 Å². The Morgan fingerprint density at radius 3 is 2.39 bits per heavy atom. The van der Waals surface area contributed by atoms with Gasteiger partial charge in [0, 0.05) is 0 Å². The van der Waals surface area contributed by atoms with Crippen molar-refractivity contribution >= 4 is 0 Å². The first-order valence-corrected chi connectivity index (χ1v) is 6.66. The summed E-state index contributed by atoms with van der Waals surface area (Å²) in [6, 6.07) is 7.62. The lowest BCUT2D eigenvalue weighted by Crippen LogP contribution is -2.18. The van der Waals surface area contributed by atoms with Gasteiger partial charge in [0.1, 0.15) is 11.9 Å². The molecule has 1 aliphatic heterocycles. The smallest absolute Gasteiger partial charge is 0.119 e. The molecule has 1 heterocycles. The zero-order chi connectivity index (χ0) is 13.1. The predicted molar refractivity (Wildman–Crippen MR) is 70.7 cm³/mol. The Bertz CT molecular complexity index is 372. The highest BCUT2D eigenvalue weighted by atomic mass is 16.5. The Labute approximate surface area is 109 Å². The quantitative estimate of drug-likeness (QED) is 0.892. The molecule has 1 saturated heterocycles. The number of ether oxygens (including phenoxy) is 2. The summed E-state index contributed by atoms with van der Waals surface area (Å²) in [6.45, 7) is 6.04. The molecule has 0 saturated carbocycles. The summed E-state index contributed by atoms with van der Waals surface area (Å²) in [5.41, 5.74) is 0.894. The van der Waals surface area contributed by atoms with E-state index in [1.54, 1.807) is 0 Å². The minimum Gasteiger partial charge on any atom is -0.491 e. The second-order valence-electron chi connectivity index (χ2n) is 5.24. The van der Waals surface area contributed by atoms with E-state index < -0.39 is 6.10 Å². The van der Waals surface area contributed by atoms with Crippen molar-refractivity contribution in [3.63, 3.8) is 0 Å². The van der Waals surface area contributed by atoms with Gasteiger partial charge in [-0.1, -0.05) is 12.1 Å². The van der Waals surface area contributed by atoms with E-state index in [0.717, 1.165) is 24.2 Å². The molecular formula is C15H22O3. The van der Waals surface area contributed by atoms with Crippen LogP contribution in [-0.4, -0.2) is 23.4 Å². The third kappa shape index (κ3) is 3.24. The van der Waals surface area contributed by atoms with Crippen molar-refractivity contribution in [1.82, 2.24) is 0 Å². The van der Waals surface area contributed by atoms with Crippen LogP contribution in [0.2, 0.25) is 0 Å². The van der Waals surface area contributed by atoms with Crippen LogP contribution < -0.4 is 4.74 Å². The van der Waals surface area contributed by atoms with Crippen LogP contribution in [-0.2, 0) is 4.74 Å². The van der Waals surface area contributed by atoms with Gasteiger partial charge in [-0.3, -0.25) is 0 Å². The van der Waals surface area contributed by atoms with Crippen LogP contribution in [0, 0.1) is 0 Å². The molecule has 1 aromatic carbocycles. The molecule has 1 aliphatic rings. The fraction of sp³-hybridized carbons (Fsp3) is 0.600. The van der Waals surface area contributed by atoms with Crippen molar-refractivity contribution in [3.8, 4) is 5.75 Å². The minimum absolute atomic E-state index is 0.0723. The van der Waals surface area contributed by atoms with Gasteiger partial charge >= 0.3 is 0 Å². The number of aliphatic hydroxyl groups is 1. The Hall–Kier alpha value is -1.06. The molecule has 1 N–H and O–H groups in total. The van der Waals surface area contributed by atoms with Crippen LogP contribution in [0.4, 0.5) is 0 Å². The maximum absolute atomic E-state index is 10.2. The number of aliphatic hydroxyl groups excluding tert-OH is 1. The third-order valence-electron chi connectivity index (χ3n) is 3.21. The van der Waals surface area contributed by atoms with Crippen LogP contribution >= 0.6 is 0 Å². The molecule has 3 heteroatoms. The monoisotopic (exact) mass is 250 g/mol. The first kappa shape index (κ1) is 13.4. The highest BCUT2D eigenvalue weighted by molar-refractivity contribution is 5.29. The molecule has 2 rings (SSSR count). The summed E-state index contributed by atoms with van der Waals surface area (Å²) >= 11 is 0. The third-order valence-corrected chi connectivity index (χ3v) is 3.21. The van der Waals surface area contributed by atoms with Gasteiger partial charge in [-0.2, -0.15) is 0 Å². The Morgan fingerprint density at radius 2 is 1.89 bits per heavy atom. The van der Waals surface area contributed by atoms with E-state index in [1.807, 2.05) is 45.0 Å². The van der Waals surface area contributed by atoms with Crippen molar-refractivity contribution in [2.45, 2.75) is 58.0 Å². The van der Waals surface area contributed by atoms with Crippen molar-refractivity contribution in [2.24, 2.45) is 0 Å². The number of rotatable bonds is 4. The van der Waals surface area contributed by atoms with Gasteiger partial charge in [-0.25, -0.2) is 0 Å². The van der Waals surface area contributed by atoms with E-state index in [4.69, 9.17) is 9.47 Å². The van der Waals surface area contributed by atoms with Crippen molar-refractivity contribution < 1.29 is 14.6 Å². The van der Waals surface area contributed by atoms with Gasteiger partial charge in [0.2, 0.25) is 0 Å². The van der Waals surface area contributed by atoms with Crippen LogP contribution in [0.1, 0.15) is 45.3 Å². The molecule has 0 radical (unpaired) electrons. The van der Waals surface area contributed by atoms with E-state index in [9.17, 15) is 5.11 Å². The van der Waals surface area contributed by atoms with Crippen LogP contribution in [0.25, 0.3) is 0 Å². The van der Waals surface area contributed by atoms with Crippen molar-refractivity contribution in [1.29, 1.82) is 0 Å². The summed E-state index contributed by atoms with van der Waals surface area (Å²) in [5, 5.41) is 10.2. The summed E-state index contributed by atoms with van der Waals surface area (Å²) in [7, 11) is 0. The average Bonchev–Trinajstić information content (AvgIpc) is 2.75. The predicted octanol–water partition coefficient (Wildman–Crippen LogP) is 3.07. The van der Waals surface area contributed by atoms with Crippen LogP contribution in [0.5, 0.6) is 5.75 Å². The van der Waals surface area contributed by atoms with E-state index in [0.29, 0.717) is 0 Å². The lowest BCUT2D eigenvalue weighted by molar-refractivity contribution is -0.0297. The molecule has 3 nitrogen and oxygen atoms in total. The summed E-state index contributed by atoms with van der Waals surface area (Å²) in [4.78, 5) is 0. The van der Waals surface area contributed by atoms with E-state index in [2.05, 4.69) is 0 Å². The first-order valence-electron chi connectivity index (χ1n) is 6.66. The first-order chi connectivity index (χ1) is 8.56. The van der Waals surface area contributed by atoms with Crippen LogP contribution in [0.15, 0.2) is 24.3 Å². The van der Waals surface area contributed by atoms with Crippen molar-refractivity contribution in [3.05, 3.63) is 29.8 Å². The van der Waals surface area contributed by atoms with Gasteiger partial charge in [0.15, 0.2) is 0 Å². The molecule has 0 aromatic heterocycles. The average molecular weight is 250 g/mol. The Balaban J connectivity index is 2.00. The Kier molecular flexibility index (Phi) is 4.25. The zero-order valence-corrected chi connectivity index (χ0v) is 11.3. The molecule has 0 spiro atoms. The summed E-state index contributed by atoms with van der Waals surface area (Å²) < 4.78 is 11.3. The van der Waals surface area contributed by atoms with Gasteiger partial charge < -0.3 is 14.6 Å². The molecule has 1 aromatic rings. The standard InChI is InChI=1S/C15H22O3/c1-10(2)17-13-7-5-12(6-8-13)15(16)14-9-4-11(3)18-14/h5-8,10-11,14-16H,4,9H2,1-3H3. The lowest BCUT2D eigenvalue weighted by Gasteiger charge is -2.19. The molecule has 100 valence electrons. The number of hydrogen-bond donors (Lipinski definition) is 1. The maximum Gasteiger partial charge on any atom is 0.119 e. The number of benzene rings is 1. The molecule has 3 atom stereocenters. The SMILES string of the molecule is CC(C)Oc1ccc(C(O)C2CCC(C)O2)cc1. The van der Waals surface area contributed by atoms with Crippen molar-refractivity contribution in [2.75, 3.05) is 0 Å². The highest BCUT2D eigenvalue weighted by Gasteiger charge is 2.29. The summed E-state index contributed by atoms with van der Waals surface area (Å²) in [5.74, 6) is 0.835. The molecule has 3 unspecified atom stereocenters. The van der Waals surface area contributed by atoms with E-state index in [1.165, 1.54) is 0 Å². The number of hydrogen-bond acceptors (Lipinski definition) is 3. The largest absolute Gasteiger partial charge is 0.491 e. The zero-order valence-electron chi connectivity index (χ0n) is 11.3. The topological polar surface area (TPSA) is 38.7 Å². The maximum atomic E-state index is 10.2. The summed E-state index contributed by atoms with van der Waals surface area (Å²) in [6.07, 6.45) is 1.76. The fourth-order valence-corrected chi connectivity index (χ4v) is 2.30. The Morgan fingerprint density at radius 1 is 1.22 bits per heavy atom. The molecule has 0 bridgehead atoms. The highest BCUT2D eigenvalue weighted by Crippen LogP contribution is 2.30. The molecule has 0 amide bonds. The molecular weight excluding hydrogens is 228 g/mol. The molecule has 0 aliphatic carbocycles. The molecule has 1 fully saturated rings. The van der Waals surface area contributed by atoms with Gasteiger partial charge in [-0.05, 0) is 51.3 Å². The lowest BCUT2D eigenvalue weighted by atomic mass is 10.0. The normalized spacial score (nSPS) is 25.4. The van der Waals surface area contributed by atoms with Crippen LogP contribution in [0.3, 0.4) is 0 Å². The molecule has 18 heavy (non-hydrogen) atoms. The second kappa shape index (κ2) is 5.72. The van der Waals surface area contributed by atoms with E-state index in [-0.39, 0.29) is 18.3 Å². The second-order valence-corrected chi connectivity index (χ2v) is 5.24.